The van der Waals surface area contributed by atoms with E-state index >= 15 is 0 Å². The molecule has 0 heterocycles. The maximum atomic E-state index is 12.9. The van der Waals surface area contributed by atoms with Crippen LogP contribution in [0.15, 0.2) is 35.3 Å². The Balaban J connectivity index is 2.87. The highest BCUT2D eigenvalue weighted by Crippen LogP contribution is 2.06. The zero-order valence-electron chi connectivity index (χ0n) is 17.7. The standard InChI is InChI=1S/C20H31N7O5/c21-13(8-9-16(22)28)17(29)27-15(11-12-5-2-1-3-6-12)18(30)26-14(19(31)32)7-4-10-25-20(23)24/h1-3,5-6,13-15H,4,7-11,21H2,(H2,22,28)(H,26,30)(H,27,29)(H,31,32)(H4,23,24,25)/t13-,14-,15-/m0/s1. The fourth-order valence-corrected chi connectivity index (χ4v) is 2.80. The van der Waals surface area contributed by atoms with Gasteiger partial charge in [0.15, 0.2) is 5.96 Å². The fraction of sp³-hybridized carbons (Fsp3) is 0.450. The van der Waals surface area contributed by atoms with E-state index in [0.29, 0.717) is 6.42 Å². The molecule has 0 saturated heterocycles. The summed E-state index contributed by atoms with van der Waals surface area (Å²) in [4.78, 5) is 51.6. The number of carboxylic acids is 1. The Morgan fingerprint density at radius 3 is 2.12 bits per heavy atom. The number of amides is 3. The molecule has 0 unspecified atom stereocenters. The van der Waals surface area contributed by atoms with Gasteiger partial charge in [0, 0.05) is 19.4 Å². The predicted octanol–water partition coefficient (Wildman–Crippen LogP) is -2.07. The van der Waals surface area contributed by atoms with E-state index in [0.717, 1.165) is 5.56 Å². The van der Waals surface area contributed by atoms with Crippen LogP contribution in [0.5, 0.6) is 0 Å². The molecule has 3 amide bonds. The largest absolute Gasteiger partial charge is 0.480 e. The molecule has 11 N–H and O–H groups in total. The number of carbonyl (C=O) groups excluding carboxylic acids is 3. The molecule has 176 valence electrons. The maximum Gasteiger partial charge on any atom is 0.326 e. The SMILES string of the molecule is NC(=O)CC[C@H](N)C(=O)N[C@@H](Cc1ccccc1)C(=O)N[C@@H](CCCN=C(N)N)C(=O)O. The molecule has 1 aromatic carbocycles. The summed E-state index contributed by atoms with van der Waals surface area (Å²) in [6, 6.07) is 5.55. The lowest BCUT2D eigenvalue weighted by Gasteiger charge is -2.23. The highest BCUT2D eigenvalue weighted by molar-refractivity contribution is 5.92. The average molecular weight is 450 g/mol. The fourth-order valence-electron chi connectivity index (χ4n) is 2.80. The van der Waals surface area contributed by atoms with Crippen molar-refractivity contribution in [3.8, 4) is 0 Å². The molecule has 0 aliphatic rings. The first-order valence-corrected chi connectivity index (χ1v) is 10.1. The van der Waals surface area contributed by atoms with E-state index in [1.807, 2.05) is 0 Å². The second-order valence-corrected chi connectivity index (χ2v) is 7.21. The minimum atomic E-state index is -1.23. The van der Waals surface area contributed by atoms with E-state index < -0.39 is 41.8 Å². The predicted molar refractivity (Wildman–Crippen MR) is 118 cm³/mol. The van der Waals surface area contributed by atoms with Crippen LogP contribution in [0, 0.1) is 0 Å². The molecular weight excluding hydrogens is 418 g/mol. The molecule has 0 aliphatic carbocycles. The minimum Gasteiger partial charge on any atom is -0.480 e. The van der Waals surface area contributed by atoms with Crippen molar-refractivity contribution in [1.29, 1.82) is 0 Å². The number of carbonyl (C=O) groups is 4. The van der Waals surface area contributed by atoms with Crippen LogP contribution in [-0.4, -0.2) is 59.4 Å². The zero-order chi connectivity index (χ0) is 24.1. The summed E-state index contributed by atoms with van der Waals surface area (Å²) in [6.45, 7) is 0.209. The number of hydrogen-bond acceptors (Lipinski definition) is 6. The van der Waals surface area contributed by atoms with Gasteiger partial charge >= 0.3 is 5.97 Å². The summed E-state index contributed by atoms with van der Waals surface area (Å²) >= 11 is 0. The van der Waals surface area contributed by atoms with Crippen LogP contribution in [-0.2, 0) is 25.6 Å². The summed E-state index contributed by atoms with van der Waals surface area (Å²) in [5.41, 5.74) is 22.1. The number of rotatable bonds is 14. The zero-order valence-corrected chi connectivity index (χ0v) is 17.7. The van der Waals surface area contributed by atoms with Crippen molar-refractivity contribution < 1.29 is 24.3 Å². The lowest BCUT2D eigenvalue weighted by molar-refractivity contribution is -0.142. The molecule has 0 bridgehead atoms. The highest BCUT2D eigenvalue weighted by atomic mass is 16.4. The third-order valence-corrected chi connectivity index (χ3v) is 4.51. The Hall–Kier alpha value is -3.67. The van der Waals surface area contributed by atoms with Crippen molar-refractivity contribution >= 4 is 29.7 Å². The normalized spacial score (nSPS) is 13.3. The molecule has 0 aromatic heterocycles. The van der Waals surface area contributed by atoms with Crippen LogP contribution in [0.2, 0.25) is 0 Å². The van der Waals surface area contributed by atoms with Gasteiger partial charge in [-0.1, -0.05) is 30.3 Å². The van der Waals surface area contributed by atoms with Crippen molar-refractivity contribution in [3.63, 3.8) is 0 Å². The molecule has 0 saturated carbocycles. The van der Waals surface area contributed by atoms with Crippen LogP contribution >= 0.6 is 0 Å². The molecular formula is C20H31N7O5. The highest BCUT2D eigenvalue weighted by Gasteiger charge is 2.28. The summed E-state index contributed by atoms with van der Waals surface area (Å²) in [5, 5.41) is 14.4. The van der Waals surface area contributed by atoms with Crippen molar-refractivity contribution in [2.75, 3.05) is 6.54 Å². The van der Waals surface area contributed by atoms with E-state index in [4.69, 9.17) is 22.9 Å². The van der Waals surface area contributed by atoms with E-state index in [2.05, 4.69) is 15.6 Å². The summed E-state index contributed by atoms with van der Waals surface area (Å²) in [7, 11) is 0. The Bertz CT molecular complexity index is 812. The molecule has 0 radical (unpaired) electrons. The third-order valence-electron chi connectivity index (χ3n) is 4.51. The summed E-state index contributed by atoms with van der Waals surface area (Å²) < 4.78 is 0. The lowest BCUT2D eigenvalue weighted by Crippen LogP contribution is -2.55. The van der Waals surface area contributed by atoms with E-state index in [1.54, 1.807) is 30.3 Å². The van der Waals surface area contributed by atoms with Crippen LogP contribution in [0.25, 0.3) is 0 Å². The van der Waals surface area contributed by atoms with Crippen molar-refractivity contribution in [2.45, 2.75) is 50.2 Å². The van der Waals surface area contributed by atoms with Crippen LogP contribution in [0.1, 0.15) is 31.2 Å². The number of nitrogens with one attached hydrogen (secondary N) is 2. The summed E-state index contributed by atoms with van der Waals surface area (Å²) in [5.74, 6) is -3.28. The first kappa shape index (κ1) is 26.4. The van der Waals surface area contributed by atoms with Gasteiger partial charge in [0.05, 0.1) is 6.04 Å². The molecule has 0 spiro atoms. The van der Waals surface area contributed by atoms with Gasteiger partial charge in [-0.25, -0.2) is 4.79 Å². The van der Waals surface area contributed by atoms with Crippen molar-refractivity contribution in [3.05, 3.63) is 35.9 Å². The van der Waals surface area contributed by atoms with Gasteiger partial charge in [0.2, 0.25) is 17.7 Å². The number of nitrogens with two attached hydrogens (primary N) is 4. The molecule has 32 heavy (non-hydrogen) atoms. The van der Waals surface area contributed by atoms with Crippen molar-refractivity contribution in [2.24, 2.45) is 27.9 Å². The van der Waals surface area contributed by atoms with Gasteiger partial charge in [-0.15, -0.1) is 0 Å². The van der Waals surface area contributed by atoms with E-state index in [-0.39, 0.29) is 38.2 Å². The van der Waals surface area contributed by atoms with Crippen LogP contribution in [0.4, 0.5) is 0 Å². The number of aliphatic imine (C=N–C) groups is 1. The van der Waals surface area contributed by atoms with E-state index in [1.165, 1.54) is 0 Å². The Morgan fingerprint density at radius 2 is 1.56 bits per heavy atom. The van der Waals surface area contributed by atoms with Gasteiger partial charge in [-0.2, -0.15) is 0 Å². The molecule has 12 nitrogen and oxygen atoms in total. The first-order valence-electron chi connectivity index (χ1n) is 10.1. The number of primary amides is 1. The summed E-state index contributed by atoms with van der Waals surface area (Å²) in [6.07, 6.45) is 0.455. The molecule has 1 aromatic rings. The Kier molecular flexibility index (Phi) is 11.2. The average Bonchev–Trinajstić information content (AvgIpc) is 2.73. The smallest absolute Gasteiger partial charge is 0.326 e. The van der Waals surface area contributed by atoms with Gasteiger partial charge in [-0.3, -0.25) is 19.4 Å². The molecule has 0 fully saturated rings. The number of carboxylic acid groups (broad SMARTS) is 1. The second kappa shape index (κ2) is 13.6. The molecule has 12 heteroatoms. The van der Waals surface area contributed by atoms with E-state index in [9.17, 15) is 24.3 Å². The number of hydrogen-bond donors (Lipinski definition) is 7. The number of aliphatic carboxylic acids is 1. The Morgan fingerprint density at radius 1 is 0.938 bits per heavy atom. The molecule has 0 aliphatic heterocycles. The number of nitrogens with zero attached hydrogens (tertiary/aromatic N) is 1. The number of guanidine groups is 1. The third kappa shape index (κ3) is 10.4. The second-order valence-electron chi connectivity index (χ2n) is 7.21. The monoisotopic (exact) mass is 449 g/mol. The molecule has 1 rings (SSSR count). The van der Waals surface area contributed by atoms with Gasteiger partial charge in [0.25, 0.3) is 0 Å². The topological polar surface area (TPSA) is 229 Å². The van der Waals surface area contributed by atoms with Gasteiger partial charge in [0.1, 0.15) is 12.1 Å². The number of benzene rings is 1. The quantitative estimate of drug-likeness (QED) is 0.0945. The van der Waals surface area contributed by atoms with Crippen LogP contribution < -0.4 is 33.6 Å². The maximum absolute atomic E-state index is 12.9. The van der Waals surface area contributed by atoms with Crippen LogP contribution in [0.3, 0.4) is 0 Å². The molecule has 3 atom stereocenters. The lowest BCUT2D eigenvalue weighted by atomic mass is 10.0. The minimum absolute atomic E-state index is 0.0172. The van der Waals surface area contributed by atoms with Gasteiger partial charge in [-0.05, 0) is 24.8 Å². The Labute approximate surface area is 185 Å². The van der Waals surface area contributed by atoms with Gasteiger partial charge < -0.3 is 38.7 Å². The van der Waals surface area contributed by atoms with Crippen molar-refractivity contribution in [1.82, 2.24) is 10.6 Å². The first-order chi connectivity index (χ1) is 15.1.